The third-order valence-electron chi connectivity index (χ3n) is 6.96. The second-order valence-corrected chi connectivity index (χ2v) is 9.15. The lowest BCUT2D eigenvalue weighted by Gasteiger charge is -2.28. The molecule has 2 heterocycles. The number of hydrogen-bond acceptors (Lipinski definition) is 7. The molecule has 0 unspecified atom stereocenters. The van der Waals surface area contributed by atoms with Gasteiger partial charge in [0.15, 0.2) is 17.0 Å². The van der Waals surface area contributed by atoms with Gasteiger partial charge in [0, 0.05) is 30.4 Å². The Bertz CT molecular complexity index is 1050. The van der Waals surface area contributed by atoms with Crippen molar-refractivity contribution in [2.45, 2.75) is 76.4 Å². The molecule has 1 aromatic carbocycles. The van der Waals surface area contributed by atoms with Crippen molar-refractivity contribution in [1.29, 1.82) is 0 Å². The number of nitrogens with two attached hydrogens (primary N) is 1. The Kier molecular flexibility index (Phi) is 5.87. The van der Waals surface area contributed by atoms with E-state index < -0.39 is 0 Å². The highest BCUT2D eigenvalue weighted by Gasteiger charge is 2.25. The third kappa shape index (κ3) is 4.11. The minimum absolute atomic E-state index is 0.251. The molecule has 4 N–H and O–H groups in total. The van der Waals surface area contributed by atoms with Crippen LogP contribution in [0.5, 0.6) is 5.75 Å². The lowest BCUT2D eigenvalue weighted by molar-refractivity contribution is 0.410. The molecule has 0 radical (unpaired) electrons. The molecule has 0 bridgehead atoms. The number of aromatic hydroxyl groups is 1. The normalized spacial score (nSPS) is 21.8. The van der Waals surface area contributed by atoms with E-state index in [4.69, 9.17) is 20.7 Å². The van der Waals surface area contributed by atoms with E-state index in [-0.39, 0.29) is 5.75 Å². The highest BCUT2D eigenvalue weighted by molar-refractivity contribution is 5.87. The number of hydrogen-bond donors (Lipinski definition) is 3. The summed E-state index contributed by atoms with van der Waals surface area (Å²) < 4.78 is 2.25. The summed E-state index contributed by atoms with van der Waals surface area (Å²) in [7, 11) is 0. The molecule has 8 heteroatoms. The SMILES string of the molecule is CCN(c1ccc(O)cc1)c1nc(N[C@H]2CC[C@H](N)CC2)nc2c1ncn2C1CCCC1. The second kappa shape index (κ2) is 8.94. The largest absolute Gasteiger partial charge is 0.508 e. The third-order valence-corrected chi connectivity index (χ3v) is 6.96. The van der Waals surface area contributed by atoms with Crippen molar-refractivity contribution >= 4 is 28.6 Å². The van der Waals surface area contributed by atoms with Gasteiger partial charge in [0.2, 0.25) is 5.95 Å². The number of rotatable bonds is 6. The molecule has 0 amide bonds. The molecule has 0 spiro atoms. The molecule has 32 heavy (non-hydrogen) atoms. The van der Waals surface area contributed by atoms with Crippen molar-refractivity contribution in [3.05, 3.63) is 30.6 Å². The Morgan fingerprint density at radius 2 is 1.78 bits per heavy atom. The Morgan fingerprint density at radius 3 is 2.47 bits per heavy atom. The van der Waals surface area contributed by atoms with Crippen LogP contribution >= 0.6 is 0 Å². The van der Waals surface area contributed by atoms with Gasteiger partial charge in [-0.1, -0.05) is 12.8 Å². The lowest BCUT2D eigenvalue weighted by Crippen LogP contribution is -2.33. The van der Waals surface area contributed by atoms with E-state index in [0.29, 0.717) is 24.1 Å². The standard InChI is InChI=1S/C24H33N7O/c1-2-30(19-11-13-20(32)14-12-19)22-21-23(31(15-26-21)18-5-3-4-6-18)29-24(28-22)27-17-9-7-16(25)8-10-17/h11-18,32H,2-10,25H2,1H3,(H,27,28,29)/t16-,17-. The Hall–Kier alpha value is -2.87. The fourth-order valence-corrected chi connectivity index (χ4v) is 5.14. The van der Waals surface area contributed by atoms with Crippen molar-refractivity contribution in [3.63, 3.8) is 0 Å². The van der Waals surface area contributed by atoms with Gasteiger partial charge in [-0.15, -0.1) is 0 Å². The molecule has 3 aromatic rings. The summed E-state index contributed by atoms with van der Waals surface area (Å²) in [5.74, 6) is 1.71. The second-order valence-electron chi connectivity index (χ2n) is 9.15. The van der Waals surface area contributed by atoms with Crippen LogP contribution in [0.2, 0.25) is 0 Å². The van der Waals surface area contributed by atoms with Crippen molar-refractivity contribution < 1.29 is 5.11 Å². The van der Waals surface area contributed by atoms with E-state index in [1.807, 2.05) is 18.5 Å². The van der Waals surface area contributed by atoms with Crippen molar-refractivity contribution in [2.75, 3.05) is 16.8 Å². The number of imidazole rings is 1. The Morgan fingerprint density at radius 1 is 1.06 bits per heavy atom. The number of benzene rings is 1. The van der Waals surface area contributed by atoms with Crippen molar-refractivity contribution in [1.82, 2.24) is 19.5 Å². The molecule has 2 aliphatic rings. The zero-order valence-electron chi connectivity index (χ0n) is 18.7. The summed E-state index contributed by atoms with van der Waals surface area (Å²) in [5.41, 5.74) is 8.79. The van der Waals surface area contributed by atoms with Crippen LogP contribution in [0.1, 0.15) is 64.3 Å². The van der Waals surface area contributed by atoms with Crippen LogP contribution in [0, 0.1) is 0 Å². The molecule has 2 aromatic heterocycles. The number of nitrogens with one attached hydrogen (secondary N) is 1. The molecule has 2 saturated carbocycles. The first-order valence-electron chi connectivity index (χ1n) is 12.0. The van der Waals surface area contributed by atoms with Crippen molar-refractivity contribution in [2.24, 2.45) is 5.73 Å². The van der Waals surface area contributed by atoms with Crippen LogP contribution in [-0.4, -0.2) is 43.3 Å². The van der Waals surface area contributed by atoms with Gasteiger partial charge in [-0.2, -0.15) is 9.97 Å². The lowest BCUT2D eigenvalue weighted by atomic mass is 9.92. The minimum atomic E-state index is 0.251. The maximum absolute atomic E-state index is 9.74. The van der Waals surface area contributed by atoms with E-state index in [0.717, 1.165) is 54.9 Å². The van der Waals surface area contributed by atoms with Gasteiger partial charge in [-0.3, -0.25) is 0 Å². The van der Waals surface area contributed by atoms with E-state index in [1.54, 1.807) is 12.1 Å². The predicted octanol–water partition coefficient (Wildman–Crippen LogP) is 4.49. The first-order valence-corrected chi connectivity index (χ1v) is 12.0. The zero-order valence-corrected chi connectivity index (χ0v) is 18.7. The Labute approximate surface area is 188 Å². The van der Waals surface area contributed by atoms with Gasteiger partial charge in [0.1, 0.15) is 5.75 Å². The molecule has 2 aliphatic carbocycles. The molecule has 5 rings (SSSR count). The van der Waals surface area contributed by atoms with E-state index in [1.165, 1.54) is 25.7 Å². The molecule has 0 saturated heterocycles. The summed E-state index contributed by atoms with van der Waals surface area (Å²) >= 11 is 0. The highest BCUT2D eigenvalue weighted by atomic mass is 16.3. The zero-order chi connectivity index (χ0) is 22.1. The molecule has 0 atom stereocenters. The number of phenols is 1. The first kappa shape index (κ1) is 21.0. The quantitative estimate of drug-likeness (QED) is 0.524. The predicted molar refractivity (Wildman–Crippen MR) is 127 cm³/mol. The summed E-state index contributed by atoms with van der Waals surface area (Å²) in [6.07, 6.45) is 10.9. The molecular formula is C24H33N7O. The Balaban J connectivity index is 1.57. The molecular weight excluding hydrogens is 402 g/mol. The monoisotopic (exact) mass is 435 g/mol. The van der Waals surface area contributed by atoms with Gasteiger partial charge in [-0.25, -0.2) is 4.98 Å². The fraction of sp³-hybridized carbons (Fsp3) is 0.542. The maximum Gasteiger partial charge on any atom is 0.227 e. The van der Waals surface area contributed by atoms with Crippen LogP contribution in [0.3, 0.4) is 0 Å². The summed E-state index contributed by atoms with van der Waals surface area (Å²) in [5, 5.41) is 13.3. The van der Waals surface area contributed by atoms with Gasteiger partial charge < -0.3 is 25.6 Å². The van der Waals surface area contributed by atoms with E-state index >= 15 is 0 Å². The van der Waals surface area contributed by atoms with Crippen LogP contribution in [0.4, 0.5) is 17.5 Å². The van der Waals surface area contributed by atoms with Crippen LogP contribution in [-0.2, 0) is 0 Å². The van der Waals surface area contributed by atoms with Gasteiger partial charge in [0.25, 0.3) is 0 Å². The molecule has 2 fully saturated rings. The average Bonchev–Trinajstić information content (AvgIpc) is 3.47. The molecule has 8 nitrogen and oxygen atoms in total. The summed E-state index contributed by atoms with van der Waals surface area (Å²) in [6, 6.07) is 8.34. The van der Waals surface area contributed by atoms with Crippen LogP contribution in [0.25, 0.3) is 11.2 Å². The topological polar surface area (TPSA) is 105 Å². The fourth-order valence-electron chi connectivity index (χ4n) is 5.14. The number of anilines is 3. The number of phenolic OH excluding ortho intramolecular Hbond substituents is 1. The van der Waals surface area contributed by atoms with Gasteiger partial charge >= 0.3 is 0 Å². The number of aromatic nitrogens is 4. The highest BCUT2D eigenvalue weighted by Crippen LogP contribution is 2.36. The van der Waals surface area contributed by atoms with Gasteiger partial charge in [0.05, 0.1) is 6.33 Å². The number of fused-ring (bicyclic) bond motifs is 1. The molecule has 170 valence electrons. The summed E-state index contributed by atoms with van der Waals surface area (Å²) in [6.45, 7) is 2.83. The first-order chi connectivity index (χ1) is 15.6. The molecule has 0 aliphatic heterocycles. The van der Waals surface area contributed by atoms with Gasteiger partial charge in [-0.05, 0) is 69.7 Å². The average molecular weight is 436 g/mol. The minimum Gasteiger partial charge on any atom is -0.508 e. The smallest absolute Gasteiger partial charge is 0.227 e. The maximum atomic E-state index is 9.74. The van der Waals surface area contributed by atoms with Crippen molar-refractivity contribution in [3.8, 4) is 5.75 Å². The van der Waals surface area contributed by atoms with E-state index in [2.05, 4.69) is 21.7 Å². The number of nitrogens with zero attached hydrogens (tertiary/aromatic N) is 5. The summed E-state index contributed by atoms with van der Waals surface area (Å²) in [4.78, 5) is 16.8. The van der Waals surface area contributed by atoms with E-state index in [9.17, 15) is 5.11 Å². The van der Waals surface area contributed by atoms with Crippen LogP contribution in [0.15, 0.2) is 30.6 Å². The van der Waals surface area contributed by atoms with Crippen LogP contribution < -0.4 is 16.0 Å².